The van der Waals surface area contributed by atoms with Gasteiger partial charge in [0.1, 0.15) is 5.58 Å². The van der Waals surface area contributed by atoms with E-state index in [4.69, 9.17) is 9.15 Å². The van der Waals surface area contributed by atoms with Crippen molar-refractivity contribution in [2.24, 2.45) is 5.92 Å². The molecule has 7 heteroatoms. The van der Waals surface area contributed by atoms with E-state index in [-0.39, 0.29) is 11.8 Å². The van der Waals surface area contributed by atoms with Crippen molar-refractivity contribution in [3.63, 3.8) is 0 Å². The Hall–Kier alpha value is -3.71. The topological polar surface area (TPSA) is 80.5 Å². The number of hydrogen-bond acceptors (Lipinski definition) is 6. The van der Waals surface area contributed by atoms with Gasteiger partial charge in [0, 0.05) is 47.0 Å². The van der Waals surface area contributed by atoms with Crippen LogP contribution in [0.1, 0.15) is 27.3 Å². The maximum Gasteiger partial charge on any atom is 0.254 e. The predicted molar refractivity (Wildman–Crippen MR) is 131 cm³/mol. The summed E-state index contributed by atoms with van der Waals surface area (Å²) in [6.07, 6.45) is 2.55. The number of benzene rings is 2. The van der Waals surface area contributed by atoms with Gasteiger partial charge in [-0.1, -0.05) is 18.2 Å². The van der Waals surface area contributed by atoms with Crippen molar-refractivity contribution in [3.05, 3.63) is 83.4 Å². The van der Waals surface area contributed by atoms with E-state index >= 15 is 0 Å². The molecule has 34 heavy (non-hydrogen) atoms. The van der Waals surface area contributed by atoms with E-state index in [1.54, 1.807) is 6.26 Å². The molecule has 0 aliphatic carbocycles. The van der Waals surface area contributed by atoms with E-state index in [1.165, 1.54) is 5.56 Å². The number of nitrogens with one attached hydrogen (secondary N) is 1. The molecule has 4 aromatic rings. The van der Waals surface area contributed by atoms with Crippen molar-refractivity contribution in [1.29, 1.82) is 0 Å². The molecule has 5 rings (SSSR count). The zero-order valence-electron chi connectivity index (χ0n) is 19.5. The molecule has 0 saturated carbocycles. The second-order valence-corrected chi connectivity index (χ2v) is 8.83. The van der Waals surface area contributed by atoms with Gasteiger partial charge >= 0.3 is 0 Å². The zero-order valence-corrected chi connectivity index (χ0v) is 19.5. The van der Waals surface area contributed by atoms with Gasteiger partial charge in [-0.2, -0.15) is 0 Å². The number of anilines is 2. The molecule has 1 N–H and O–H groups in total. The molecule has 0 bridgehead atoms. The highest BCUT2D eigenvalue weighted by Crippen LogP contribution is 2.24. The predicted octanol–water partition coefficient (Wildman–Crippen LogP) is 4.91. The van der Waals surface area contributed by atoms with Gasteiger partial charge in [-0.25, -0.2) is 9.97 Å². The molecule has 1 atom stereocenters. The number of rotatable bonds is 5. The molecule has 1 amide bonds. The van der Waals surface area contributed by atoms with Gasteiger partial charge in [-0.15, -0.1) is 0 Å². The minimum Gasteiger partial charge on any atom is -0.464 e. The van der Waals surface area contributed by atoms with E-state index in [0.29, 0.717) is 37.8 Å². The first kappa shape index (κ1) is 22.1. The Labute approximate surface area is 198 Å². The second-order valence-electron chi connectivity index (χ2n) is 8.83. The van der Waals surface area contributed by atoms with Crippen LogP contribution in [0.2, 0.25) is 0 Å². The first-order valence-corrected chi connectivity index (χ1v) is 11.6. The second kappa shape index (κ2) is 9.65. The maximum atomic E-state index is 13.4. The van der Waals surface area contributed by atoms with Gasteiger partial charge in [0.15, 0.2) is 0 Å². The van der Waals surface area contributed by atoms with Crippen molar-refractivity contribution in [2.75, 3.05) is 31.6 Å². The summed E-state index contributed by atoms with van der Waals surface area (Å²) in [6.45, 7) is 6.25. The Balaban J connectivity index is 1.31. The van der Waals surface area contributed by atoms with Crippen molar-refractivity contribution >= 4 is 28.5 Å². The molecule has 1 aliphatic rings. The summed E-state index contributed by atoms with van der Waals surface area (Å²) in [6, 6.07) is 17.5. The number of amides is 1. The standard InChI is InChI=1S/C27H28N4O3/c1-18-13-19(2)29-27(28-18)30-23-7-3-6-22(15-23)26(32)31-10-12-33-17-20(16-31)14-21-5-4-8-25-24(21)9-11-34-25/h3-9,11,13,15,20H,10,12,14,16-17H2,1-2H3,(H,28,29,30)/t20-/m0/s1. The fraction of sp³-hybridized carbons (Fsp3) is 0.296. The smallest absolute Gasteiger partial charge is 0.254 e. The molecular formula is C27H28N4O3. The van der Waals surface area contributed by atoms with Crippen LogP contribution in [0.4, 0.5) is 11.6 Å². The summed E-state index contributed by atoms with van der Waals surface area (Å²) < 4.78 is 11.4. The van der Waals surface area contributed by atoms with Crippen molar-refractivity contribution in [3.8, 4) is 0 Å². The van der Waals surface area contributed by atoms with Crippen LogP contribution in [-0.4, -0.2) is 47.1 Å². The number of carbonyl (C=O) groups is 1. The molecule has 3 heterocycles. The Kier molecular flexibility index (Phi) is 6.27. The fourth-order valence-electron chi connectivity index (χ4n) is 4.56. The number of carbonyl (C=O) groups excluding carboxylic acids is 1. The molecule has 2 aromatic carbocycles. The summed E-state index contributed by atoms with van der Waals surface area (Å²) in [5, 5.41) is 4.35. The van der Waals surface area contributed by atoms with E-state index < -0.39 is 0 Å². The number of hydrogen-bond donors (Lipinski definition) is 1. The highest BCUT2D eigenvalue weighted by Gasteiger charge is 2.24. The lowest BCUT2D eigenvalue weighted by Crippen LogP contribution is -2.36. The van der Waals surface area contributed by atoms with E-state index in [2.05, 4.69) is 21.4 Å². The number of nitrogens with zero attached hydrogens (tertiary/aromatic N) is 3. The van der Waals surface area contributed by atoms with Crippen LogP contribution in [0.3, 0.4) is 0 Å². The van der Waals surface area contributed by atoms with Crippen LogP contribution in [0.25, 0.3) is 11.0 Å². The van der Waals surface area contributed by atoms with Gasteiger partial charge in [0.2, 0.25) is 5.95 Å². The van der Waals surface area contributed by atoms with Crippen molar-refractivity contribution < 1.29 is 13.9 Å². The number of fused-ring (bicyclic) bond motifs is 1. The zero-order chi connectivity index (χ0) is 23.5. The lowest BCUT2D eigenvalue weighted by molar-refractivity contribution is 0.0737. The summed E-state index contributed by atoms with van der Waals surface area (Å²) in [5.74, 6) is 0.734. The minimum atomic E-state index is 0.00186. The first-order chi connectivity index (χ1) is 16.5. The average molecular weight is 457 g/mol. The third-order valence-corrected chi connectivity index (χ3v) is 6.07. The van der Waals surface area contributed by atoms with Crippen LogP contribution in [0.15, 0.2) is 65.3 Å². The summed E-state index contributed by atoms with van der Waals surface area (Å²) in [7, 11) is 0. The number of aromatic nitrogens is 2. The monoisotopic (exact) mass is 456 g/mol. The highest BCUT2D eigenvalue weighted by atomic mass is 16.5. The molecule has 1 fully saturated rings. The Morgan fingerprint density at radius 3 is 2.76 bits per heavy atom. The quantitative estimate of drug-likeness (QED) is 0.459. The molecule has 1 saturated heterocycles. The Morgan fingerprint density at radius 1 is 1.09 bits per heavy atom. The molecular weight excluding hydrogens is 428 g/mol. The third kappa shape index (κ3) is 4.94. The number of ether oxygens (including phenoxy) is 1. The molecule has 0 unspecified atom stereocenters. The Bertz CT molecular complexity index is 1300. The van der Waals surface area contributed by atoms with Crippen molar-refractivity contribution in [1.82, 2.24) is 14.9 Å². The van der Waals surface area contributed by atoms with E-state index in [0.717, 1.165) is 34.5 Å². The summed E-state index contributed by atoms with van der Waals surface area (Å²) >= 11 is 0. The SMILES string of the molecule is Cc1cc(C)nc(Nc2cccc(C(=O)N3CCOC[C@@H](Cc4cccc5occc45)C3)c2)n1. The molecule has 174 valence electrons. The van der Waals surface area contributed by atoms with Crippen LogP contribution in [-0.2, 0) is 11.2 Å². The molecule has 7 nitrogen and oxygen atoms in total. The van der Waals surface area contributed by atoms with Crippen LogP contribution < -0.4 is 5.32 Å². The maximum absolute atomic E-state index is 13.4. The highest BCUT2D eigenvalue weighted by molar-refractivity contribution is 5.95. The van der Waals surface area contributed by atoms with Gasteiger partial charge in [-0.05, 0) is 62.2 Å². The average Bonchev–Trinajstić information content (AvgIpc) is 3.18. The molecule has 1 aliphatic heterocycles. The van der Waals surface area contributed by atoms with Gasteiger partial charge in [0.25, 0.3) is 5.91 Å². The Morgan fingerprint density at radius 2 is 1.91 bits per heavy atom. The van der Waals surface area contributed by atoms with E-state index in [9.17, 15) is 4.79 Å². The minimum absolute atomic E-state index is 0.00186. The summed E-state index contributed by atoms with van der Waals surface area (Å²) in [4.78, 5) is 24.2. The van der Waals surface area contributed by atoms with Crippen LogP contribution in [0.5, 0.6) is 0 Å². The number of furan rings is 1. The van der Waals surface area contributed by atoms with Crippen LogP contribution >= 0.6 is 0 Å². The lowest BCUT2D eigenvalue weighted by atomic mass is 9.97. The molecule has 0 spiro atoms. The van der Waals surface area contributed by atoms with Gasteiger partial charge in [0.05, 0.1) is 19.5 Å². The van der Waals surface area contributed by atoms with Crippen LogP contribution in [0, 0.1) is 19.8 Å². The summed E-state index contributed by atoms with van der Waals surface area (Å²) in [5.41, 5.74) is 5.30. The lowest BCUT2D eigenvalue weighted by Gasteiger charge is -2.24. The first-order valence-electron chi connectivity index (χ1n) is 11.6. The third-order valence-electron chi connectivity index (χ3n) is 6.07. The van der Waals surface area contributed by atoms with Gasteiger partial charge in [-0.3, -0.25) is 4.79 Å². The molecule has 0 radical (unpaired) electrons. The number of aryl methyl sites for hydroxylation is 2. The van der Waals surface area contributed by atoms with Crippen molar-refractivity contribution in [2.45, 2.75) is 20.3 Å². The fourth-order valence-corrected chi connectivity index (χ4v) is 4.56. The normalized spacial score (nSPS) is 16.4. The van der Waals surface area contributed by atoms with E-state index in [1.807, 2.05) is 67.3 Å². The van der Waals surface area contributed by atoms with Gasteiger partial charge < -0.3 is 19.4 Å². The largest absolute Gasteiger partial charge is 0.464 e. The molecule has 2 aromatic heterocycles.